The summed E-state index contributed by atoms with van der Waals surface area (Å²) in [5.74, 6) is -1.88. The van der Waals surface area contributed by atoms with E-state index in [0.717, 1.165) is 6.07 Å². The minimum Gasteiger partial charge on any atom is -0.492 e. The zero-order valence-electron chi connectivity index (χ0n) is 11.8. The maximum absolute atomic E-state index is 13.8. The molecule has 0 fully saturated rings. The number of anilines is 1. The third-order valence-corrected chi connectivity index (χ3v) is 3.06. The van der Waals surface area contributed by atoms with E-state index in [2.05, 4.69) is 5.32 Å². The Balaban J connectivity index is 2.27. The van der Waals surface area contributed by atoms with Gasteiger partial charge in [0, 0.05) is 11.6 Å². The highest BCUT2D eigenvalue weighted by atomic mass is 19.2. The van der Waals surface area contributed by atoms with E-state index in [4.69, 9.17) is 4.74 Å². The zero-order chi connectivity index (χ0) is 15.4. The van der Waals surface area contributed by atoms with Crippen molar-refractivity contribution in [1.82, 2.24) is 0 Å². The normalized spacial score (nSPS) is 12.0. The molecule has 1 N–H and O–H groups in total. The third kappa shape index (κ3) is 3.48. The highest BCUT2D eigenvalue weighted by molar-refractivity contribution is 5.57. The Kier molecular flexibility index (Phi) is 4.73. The summed E-state index contributed by atoms with van der Waals surface area (Å²) in [7, 11) is 0. The lowest BCUT2D eigenvalue weighted by Crippen LogP contribution is -2.11. The Bertz CT molecular complexity index is 631. The Morgan fingerprint density at radius 2 is 1.90 bits per heavy atom. The second-order valence-electron chi connectivity index (χ2n) is 4.58. The molecule has 2 nitrogen and oxygen atoms in total. The van der Waals surface area contributed by atoms with Crippen molar-refractivity contribution in [3.63, 3.8) is 0 Å². The fourth-order valence-corrected chi connectivity index (χ4v) is 2.06. The molecule has 0 amide bonds. The first-order valence-electron chi connectivity index (χ1n) is 6.65. The summed E-state index contributed by atoms with van der Waals surface area (Å²) >= 11 is 0. The van der Waals surface area contributed by atoms with Crippen LogP contribution in [-0.2, 0) is 0 Å². The van der Waals surface area contributed by atoms with Crippen LogP contribution < -0.4 is 10.1 Å². The third-order valence-electron chi connectivity index (χ3n) is 3.06. The van der Waals surface area contributed by atoms with Crippen LogP contribution in [0.3, 0.4) is 0 Å². The van der Waals surface area contributed by atoms with E-state index in [1.54, 1.807) is 13.8 Å². The average Bonchev–Trinajstić information content (AvgIpc) is 2.45. The van der Waals surface area contributed by atoms with Crippen molar-refractivity contribution in [3.8, 4) is 5.75 Å². The van der Waals surface area contributed by atoms with E-state index in [0.29, 0.717) is 18.0 Å². The predicted molar refractivity (Wildman–Crippen MR) is 76.0 cm³/mol. The van der Waals surface area contributed by atoms with Gasteiger partial charge in [0.05, 0.1) is 18.3 Å². The molecule has 0 saturated heterocycles. The average molecular weight is 295 g/mol. The minimum atomic E-state index is -0.898. The van der Waals surface area contributed by atoms with Crippen LogP contribution >= 0.6 is 0 Å². The monoisotopic (exact) mass is 295 g/mol. The number of hydrogen-bond acceptors (Lipinski definition) is 2. The van der Waals surface area contributed by atoms with Gasteiger partial charge in [-0.1, -0.05) is 12.1 Å². The quantitative estimate of drug-likeness (QED) is 0.865. The van der Waals surface area contributed by atoms with Gasteiger partial charge in [-0.3, -0.25) is 0 Å². The molecule has 0 aliphatic rings. The first kappa shape index (κ1) is 15.2. The molecule has 0 saturated carbocycles. The van der Waals surface area contributed by atoms with Gasteiger partial charge in [-0.05, 0) is 32.0 Å². The van der Waals surface area contributed by atoms with Gasteiger partial charge in [0.1, 0.15) is 11.6 Å². The van der Waals surface area contributed by atoms with Crippen molar-refractivity contribution >= 4 is 5.69 Å². The molecule has 2 aromatic rings. The summed E-state index contributed by atoms with van der Waals surface area (Å²) in [6.07, 6.45) is 0. The van der Waals surface area contributed by atoms with Gasteiger partial charge in [-0.15, -0.1) is 0 Å². The maximum Gasteiger partial charge on any atom is 0.164 e. The van der Waals surface area contributed by atoms with Crippen LogP contribution in [0.1, 0.15) is 25.5 Å². The first-order valence-corrected chi connectivity index (χ1v) is 6.65. The Hall–Kier alpha value is -2.17. The van der Waals surface area contributed by atoms with Gasteiger partial charge >= 0.3 is 0 Å². The van der Waals surface area contributed by atoms with E-state index in [1.165, 1.54) is 30.3 Å². The van der Waals surface area contributed by atoms with Crippen LogP contribution in [0.5, 0.6) is 5.75 Å². The molecule has 0 radical (unpaired) electrons. The van der Waals surface area contributed by atoms with Crippen LogP contribution in [-0.4, -0.2) is 6.61 Å². The number of benzene rings is 2. The van der Waals surface area contributed by atoms with E-state index in [9.17, 15) is 13.2 Å². The van der Waals surface area contributed by atoms with E-state index < -0.39 is 23.5 Å². The van der Waals surface area contributed by atoms with E-state index in [-0.39, 0.29) is 5.56 Å². The van der Waals surface area contributed by atoms with Gasteiger partial charge in [-0.2, -0.15) is 0 Å². The molecule has 1 unspecified atom stereocenters. The van der Waals surface area contributed by atoms with E-state index in [1.807, 2.05) is 0 Å². The SMILES string of the molecule is CCOc1cc(F)ccc1NC(C)c1cccc(F)c1F. The van der Waals surface area contributed by atoms with Gasteiger partial charge < -0.3 is 10.1 Å². The van der Waals surface area contributed by atoms with Crippen LogP contribution in [0.4, 0.5) is 18.9 Å². The van der Waals surface area contributed by atoms with Gasteiger partial charge in [0.15, 0.2) is 11.6 Å². The van der Waals surface area contributed by atoms with Crippen molar-refractivity contribution in [3.05, 3.63) is 59.4 Å². The first-order chi connectivity index (χ1) is 10.0. The van der Waals surface area contributed by atoms with Crippen molar-refractivity contribution in [2.45, 2.75) is 19.9 Å². The predicted octanol–water partition coefficient (Wildman–Crippen LogP) is 4.68. The van der Waals surface area contributed by atoms with Crippen LogP contribution in [0.25, 0.3) is 0 Å². The summed E-state index contributed by atoms with van der Waals surface area (Å²) in [5.41, 5.74) is 0.719. The summed E-state index contributed by atoms with van der Waals surface area (Å²) in [6, 6.07) is 7.55. The highest BCUT2D eigenvalue weighted by Gasteiger charge is 2.16. The lowest BCUT2D eigenvalue weighted by atomic mass is 10.1. The summed E-state index contributed by atoms with van der Waals surface area (Å²) in [4.78, 5) is 0. The smallest absolute Gasteiger partial charge is 0.164 e. The second-order valence-corrected chi connectivity index (χ2v) is 4.58. The second kappa shape index (κ2) is 6.52. The number of ether oxygens (including phenoxy) is 1. The zero-order valence-corrected chi connectivity index (χ0v) is 11.8. The lowest BCUT2D eigenvalue weighted by Gasteiger charge is -2.19. The molecule has 0 heterocycles. The molecular formula is C16H16F3NO. The molecule has 112 valence electrons. The molecule has 2 rings (SSSR count). The molecule has 0 spiro atoms. The molecule has 0 aromatic heterocycles. The Labute approximate surface area is 121 Å². The van der Waals surface area contributed by atoms with Crippen molar-refractivity contribution in [2.75, 3.05) is 11.9 Å². The molecule has 2 aromatic carbocycles. The molecule has 5 heteroatoms. The topological polar surface area (TPSA) is 21.3 Å². The summed E-state index contributed by atoms with van der Waals surface area (Å²) < 4.78 is 45.6. The van der Waals surface area contributed by atoms with Gasteiger partial charge in [0.25, 0.3) is 0 Å². The Morgan fingerprint density at radius 3 is 2.62 bits per heavy atom. The van der Waals surface area contributed by atoms with Crippen molar-refractivity contribution in [1.29, 1.82) is 0 Å². The summed E-state index contributed by atoms with van der Waals surface area (Å²) in [5, 5.41) is 3.01. The van der Waals surface area contributed by atoms with Crippen molar-refractivity contribution in [2.24, 2.45) is 0 Å². The molecule has 1 atom stereocenters. The number of rotatable bonds is 5. The van der Waals surface area contributed by atoms with Crippen LogP contribution in [0.2, 0.25) is 0 Å². The Morgan fingerprint density at radius 1 is 1.14 bits per heavy atom. The standard InChI is InChI=1S/C16H16F3NO/c1-3-21-15-9-11(17)7-8-14(15)20-10(2)12-5-4-6-13(18)16(12)19/h4-10,20H,3H2,1-2H3. The minimum absolute atomic E-state index is 0.196. The van der Waals surface area contributed by atoms with Crippen LogP contribution in [0, 0.1) is 17.5 Å². The number of hydrogen-bond donors (Lipinski definition) is 1. The highest BCUT2D eigenvalue weighted by Crippen LogP contribution is 2.30. The fourth-order valence-electron chi connectivity index (χ4n) is 2.06. The van der Waals surface area contributed by atoms with E-state index >= 15 is 0 Å². The fraction of sp³-hybridized carbons (Fsp3) is 0.250. The molecule has 0 aliphatic heterocycles. The van der Waals surface area contributed by atoms with Gasteiger partial charge in [0.2, 0.25) is 0 Å². The van der Waals surface area contributed by atoms with Crippen molar-refractivity contribution < 1.29 is 17.9 Å². The largest absolute Gasteiger partial charge is 0.492 e. The number of halogens is 3. The lowest BCUT2D eigenvalue weighted by molar-refractivity contribution is 0.339. The molecular weight excluding hydrogens is 279 g/mol. The summed E-state index contributed by atoms with van der Waals surface area (Å²) in [6.45, 7) is 3.85. The van der Waals surface area contributed by atoms with Crippen LogP contribution in [0.15, 0.2) is 36.4 Å². The molecule has 21 heavy (non-hydrogen) atoms. The molecule has 0 bridgehead atoms. The van der Waals surface area contributed by atoms with Gasteiger partial charge in [-0.25, -0.2) is 13.2 Å². The number of nitrogens with one attached hydrogen (secondary N) is 1. The maximum atomic E-state index is 13.8. The molecule has 0 aliphatic carbocycles.